The van der Waals surface area contributed by atoms with Crippen LogP contribution in [0.15, 0.2) is 10.9 Å². The van der Waals surface area contributed by atoms with Crippen molar-refractivity contribution in [3.05, 3.63) is 38.7 Å². The summed E-state index contributed by atoms with van der Waals surface area (Å²) in [7, 11) is 0. The van der Waals surface area contributed by atoms with Gasteiger partial charge in [-0.05, 0) is 69.2 Å². The number of aromatic nitrogens is 1. The topological polar surface area (TPSA) is 44.9 Å². The lowest BCUT2D eigenvalue weighted by Crippen LogP contribution is -2.44. The first-order valence-corrected chi connectivity index (χ1v) is 8.10. The van der Waals surface area contributed by atoms with Crippen LogP contribution in [-0.2, 0) is 0 Å². The normalized spacial score (nSPS) is 23.2. The smallest absolute Gasteiger partial charge is 0.251 e. The molecule has 2 atom stereocenters. The Balaban J connectivity index is 2.41. The highest BCUT2D eigenvalue weighted by Crippen LogP contribution is 2.46. The number of hydrogen-bond donors (Lipinski definition) is 2. The molecule has 1 aliphatic rings. The molecule has 1 aliphatic heterocycles. The number of pyridine rings is 1. The molecule has 22 heavy (non-hydrogen) atoms. The van der Waals surface area contributed by atoms with Crippen LogP contribution in [0, 0.1) is 26.7 Å². The van der Waals surface area contributed by atoms with E-state index in [1.54, 1.807) is 0 Å². The molecule has 0 fully saturated rings. The Kier molecular flexibility index (Phi) is 3.17. The number of rotatable bonds is 0. The quantitative estimate of drug-likeness (QED) is 0.757. The van der Waals surface area contributed by atoms with E-state index in [1.807, 2.05) is 13.8 Å². The number of aromatic amines is 1. The van der Waals surface area contributed by atoms with Crippen LogP contribution in [0.1, 0.15) is 55.9 Å². The van der Waals surface area contributed by atoms with Crippen molar-refractivity contribution in [1.29, 1.82) is 0 Å². The van der Waals surface area contributed by atoms with Gasteiger partial charge in [-0.2, -0.15) is 0 Å². The van der Waals surface area contributed by atoms with Crippen molar-refractivity contribution in [2.24, 2.45) is 5.92 Å². The van der Waals surface area contributed by atoms with Gasteiger partial charge in [0.15, 0.2) is 0 Å². The summed E-state index contributed by atoms with van der Waals surface area (Å²) < 4.78 is 0. The van der Waals surface area contributed by atoms with Crippen molar-refractivity contribution >= 4 is 16.6 Å². The van der Waals surface area contributed by atoms with Crippen LogP contribution in [0.25, 0.3) is 10.9 Å². The third-order valence-corrected chi connectivity index (χ3v) is 5.98. The minimum absolute atomic E-state index is 0.0181. The minimum Gasteiger partial charge on any atom is -0.379 e. The predicted molar refractivity (Wildman–Crippen MR) is 94.1 cm³/mol. The maximum Gasteiger partial charge on any atom is 0.251 e. The summed E-state index contributed by atoms with van der Waals surface area (Å²) in [6, 6.07) is 2.28. The van der Waals surface area contributed by atoms with Gasteiger partial charge in [-0.25, -0.2) is 0 Å². The molecule has 3 nitrogen and oxygen atoms in total. The zero-order valence-electron chi connectivity index (χ0n) is 14.6. The van der Waals surface area contributed by atoms with Crippen LogP contribution in [-0.4, -0.2) is 10.5 Å². The lowest BCUT2D eigenvalue weighted by molar-refractivity contribution is 0.316. The van der Waals surface area contributed by atoms with E-state index >= 15 is 0 Å². The van der Waals surface area contributed by atoms with E-state index in [0.717, 1.165) is 22.2 Å². The molecule has 2 aromatic rings. The van der Waals surface area contributed by atoms with Gasteiger partial charge in [0.05, 0.1) is 5.52 Å². The molecule has 3 heteroatoms. The summed E-state index contributed by atoms with van der Waals surface area (Å²) in [5.41, 5.74) is 6.66. The SMILES string of the molecule is Cc1c(C)c2cc3c(c(C)c2[nH]c1=O)NC(C)(C)C(C)C3C. The molecule has 118 valence electrons. The van der Waals surface area contributed by atoms with E-state index in [2.05, 4.69) is 51.0 Å². The van der Waals surface area contributed by atoms with Crippen molar-refractivity contribution in [1.82, 2.24) is 4.98 Å². The molecule has 0 bridgehead atoms. The monoisotopic (exact) mass is 298 g/mol. The Morgan fingerprint density at radius 2 is 1.68 bits per heavy atom. The van der Waals surface area contributed by atoms with Crippen molar-refractivity contribution in [2.45, 2.75) is 59.9 Å². The molecule has 0 aliphatic carbocycles. The van der Waals surface area contributed by atoms with E-state index in [1.165, 1.54) is 16.6 Å². The molecule has 0 saturated heterocycles. The van der Waals surface area contributed by atoms with Gasteiger partial charge in [0.25, 0.3) is 5.56 Å². The van der Waals surface area contributed by atoms with Crippen LogP contribution < -0.4 is 10.9 Å². The van der Waals surface area contributed by atoms with Crippen molar-refractivity contribution in [2.75, 3.05) is 5.32 Å². The molecule has 0 spiro atoms. The Labute approximate surface area is 132 Å². The molecule has 2 heterocycles. The summed E-state index contributed by atoms with van der Waals surface area (Å²) in [6.07, 6.45) is 0. The molecular weight excluding hydrogens is 272 g/mol. The second-order valence-corrected chi connectivity index (χ2v) is 7.52. The molecule has 0 amide bonds. The van der Waals surface area contributed by atoms with E-state index in [0.29, 0.717) is 11.8 Å². The van der Waals surface area contributed by atoms with Crippen molar-refractivity contribution in [3.8, 4) is 0 Å². The lowest BCUT2D eigenvalue weighted by atomic mass is 9.72. The third-order valence-electron chi connectivity index (χ3n) is 5.98. The number of aryl methyl sites for hydroxylation is 2. The maximum absolute atomic E-state index is 12.1. The molecule has 1 aromatic carbocycles. The Hall–Kier alpha value is -1.77. The second-order valence-electron chi connectivity index (χ2n) is 7.52. The molecular formula is C19H26N2O. The fourth-order valence-corrected chi connectivity index (χ4v) is 3.74. The highest BCUT2D eigenvalue weighted by atomic mass is 16.1. The third kappa shape index (κ3) is 1.91. The van der Waals surface area contributed by atoms with Crippen LogP contribution in [0.5, 0.6) is 0 Å². The summed E-state index contributed by atoms with van der Waals surface area (Å²) in [5, 5.41) is 4.88. The van der Waals surface area contributed by atoms with Gasteiger partial charge in [0, 0.05) is 22.2 Å². The molecule has 1 aromatic heterocycles. The Morgan fingerprint density at radius 3 is 2.32 bits per heavy atom. The fourth-order valence-electron chi connectivity index (χ4n) is 3.74. The first-order valence-electron chi connectivity index (χ1n) is 8.10. The summed E-state index contributed by atoms with van der Waals surface area (Å²) in [4.78, 5) is 15.2. The largest absolute Gasteiger partial charge is 0.379 e. The van der Waals surface area contributed by atoms with Crippen molar-refractivity contribution in [3.63, 3.8) is 0 Å². The average molecular weight is 298 g/mol. The van der Waals surface area contributed by atoms with Gasteiger partial charge in [0.1, 0.15) is 0 Å². The predicted octanol–water partition coefficient (Wildman–Crippen LogP) is 4.40. The highest BCUT2D eigenvalue weighted by Gasteiger charge is 2.37. The molecule has 0 saturated carbocycles. The van der Waals surface area contributed by atoms with Gasteiger partial charge in [-0.1, -0.05) is 13.8 Å². The molecule has 2 unspecified atom stereocenters. The van der Waals surface area contributed by atoms with Crippen LogP contribution in [0.3, 0.4) is 0 Å². The second kappa shape index (κ2) is 4.61. The van der Waals surface area contributed by atoms with Gasteiger partial charge in [-0.3, -0.25) is 4.79 Å². The highest BCUT2D eigenvalue weighted by molar-refractivity contribution is 5.92. The summed E-state index contributed by atoms with van der Waals surface area (Å²) in [6.45, 7) is 15.2. The van der Waals surface area contributed by atoms with Crippen molar-refractivity contribution < 1.29 is 0 Å². The van der Waals surface area contributed by atoms with Crippen LogP contribution in [0.2, 0.25) is 0 Å². The van der Waals surface area contributed by atoms with E-state index < -0.39 is 0 Å². The van der Waals surface area contributed by atoms with E-state index in [-0.39, 0.29) is 11.1 Å². The minimum atomic E-state index is 0.0181. The average Bonchev–Trinajstić information content (AvgIpc) is 2.45. The first kappa shape index (κ1) is 15.1. The maximum atomic E-state index is 12.1. The summed E-state index contributed by atoms with van der Waals surface area (Å²) >= 11 is 0. The molecule has 0 radical (unpaired) electrons. The molecule has 2 N–H and O–H groups in total. The standard InChI is InChI=1S/C19H26N2O/c1-9-10(2)18(22)20-16-12(4)17-15(8-14(9)16)11(3)13(5)19(6,7)21-17/h8,11,13,21H,1-7H3,(H,20,22). The zero-order chi connectivity index (χ0) is 16.4. The van der Waals surface area contributed by atoms with E-state index in [4.69, 9.17) is 0 Å². The van der Waals surface area contributed by atoms with E-state index in [9.17, 15) is 4.79 Å². The van der Waals surface area contributed by atoms with Crippen LogP contribution >= 0.6 is 0 Å². The van der Waals surface area contributed by atoms with Gasteiger partial charge in [-0.15, -0.1) is 0 Å². The van der Waals surface area contributed by atoms with Crippen LogP contribution in [0.4, 0.5) is 5.69 Å². The lowest BCUT2D eigenvalue weighted by Gasteiger charge is -2.44. The van der Waals surface area contributed by atoms with Gasteiger partial charge in [0.2, 0.25) is 0 Å². The number of hydrogen-bond acceptors (Lipinski definition) is 2. The van der Waals surface area contributed by atoms with Gasteiger partial charge < -0.3 is 10.3 Å². The zero-order valence-corrected chi connectivity index (χ0v) is 14.6. The van der Waals surface area contributed by atoms with Gasteiger partial charge >= 0.3 is 0 Å². The summed E-state index contributed by atoms with van der Waals surface area (Å²) in [5.74, 6) is 1.03. The number of fused-ring (bicyclic) bond motifs is 2. The number of nitrogens with one attached hydrogen (secondary N) is 2. The Morgan fingerprint density at radius 1 is 1.05 bits per heavy atom. The number of benzene rings is 1. The number of H-pyrrole nitrogens is 1. The fraction of sp³-hybridized carbons (Fsp3) is 0.526. The molecule has 3 rings (SSSR count). The Bertz CT molecular complexity index is 830. The first-order chi connectivity index (χ1) is 10.1. The number of anilines is 1.